The summed E-state index contributed by atoms with van der Waals surface area (Å²) in [5.74, 6) is 0.803. The molecule has 0 spiro atoms. The van der Waals surface area contributed by atoms with Gasteiger partial charge in [-0.25, -0.2) is 0 Å². The monoisotopic (exact) mass is 235 g/mol. The van der Waals surface area contributed by atoms with E-state index in [2.05, 4.69) is 17.1 Å². The summed E-state index contributed by atoms with van der Waals surface area (Å²) in [5, 5.41) is 1.10. The molecule has 0 saturated carbocycles. The minimum Gasteiger partial charge on any atom is -0.487 e. The van der Waals surface area contributed by atoms with Crippen LogP contribution in [0.15, 0.2) is 66.9 Å². The molecule has 0 fully saturated rings. The second kappa shape index (κ2) is 4.88. The van der Waals surface area contributed by atoms with Crippen LogP contribution < -0.4 is 4.74 Å². The summed E-state index contributed by atoms with van der Waals surface area (Å²) in [7, 11) is 0. The van der Waals surface area contributed by atoms with Crippen molar-refractivity contribution in [2.24, 2.45) is 0 Å². The zero-order valence-electron chi connectivity index (χ0n) is 9.91. The van der Waals surface area contributed by atoms with Crippen LogP contribution in [0.5, 0.6) is 5.75 Å². The third-order valence-corrected chi connectivity index (χ3v) is 2.81. The van der Waals surface area contributed by atoms with Gasteiger partial charge in [0.25, 0.3) is 0 Å². The normalized spacial score (nSPS) is 10.4. The van der Waals surface area contributed by atoms with Gasteiger partial charge in [-0.15, -0.1) is 0 Å². The summed E-state index contributed by atoms with van der Waals surface area (Å²) < 4.78 is 5.74. The van der Waals surface area contributed by atoms with Gasteiger partial charge in [0.15, 0.2) is 0 Å². The number of para-hydroxylation sites is 1. The number of fused-ring (bicyclic) bond motifs is 1. The first kappa shape index (κ1) is 10.8. The summed E-state index contributed by atoms with van der Waals surface area (Å²) in [6.07, 6.45) is 1.77. The lowest BCUT2D eigenvalue weighted by molar-refractivity contribution is 0.305. The van der Waals surface area contributed by atoms with Gasteiger partial charge in [0.05, 0.1) is 11.7 Å². The van der Waals surface area contributed by atoms with Crippen molar-refractivity contribution in [3.8, 4) is 5.75 Å². The molecular weight excluding hydrogens is 222 g/mol. The van der Waals surface area contributed by atoms with E-state index >= 15 is 0 Å². The van der Waals surface area contributed by atoms with Crippen molar-refractivity contribution in [3.05, 3.63) is 72.4 Å². The van der Waals surface area contributed by atoms with Gasteiger partial charge in [0.2, 0.25) is 0 Å². The van der Waals surface area contributed by atoms with Crippen molar-refractivity contribution >= 4 is 10.9 Å². The molecule has 0 bridgehead atoms. The van der Waals surface area contributed by atoms with Gasteiger partial charge in [-0.2, -0.15) is 0 Å². The molecule has 18 heavy (non-hydrogen) atoms. The average Bonchev–Trinajstić information content (AvgIpc) is 2.46. The quantitative estimate of drug-likeness (QED) is 0.688. The van der Waals surface area contributed by atoms with Crippen molar-refractivity contribution < 1.29 is 4.74 Å². The first-order chi connectivity index (χ1) is 8.92. The smallest absolute Gasteiger partial charge is 0.138 e. The number of rotatable bonds is 3. The molecule has 3 aromatic rings. The molecule has 2 nitrogen and oxygen atoms in total. The highest BCUT2D eigenvalue weighted by Crippen LogP contribution is 2.18. The highest BCUT2D eigenvalue weighted by Gasteiger charge is 1.98. The van der Waals surface area contributed by atoms with Crippen LogP contribution in [0.25, 0.3) is 10.9 Å². The van der Waals surface area contributed by atoms with Gasteiger partial charge in [-0.1, -0.05) is 48.5 Å². The third-order valence-electron chi connectivity index (χ3n) is 2.81. The molecule has 0 aliphatic carbocycles. The third kappa shape index (κ3) is 2.33. The van der Waals surface area contributed by atoms with E-state index in [1.165, 1.54) is 0 Å². The molecule has 3 rings (SSSR count). The summed E-state index contributed by atoms with van der Waals surface area (Å²) in [4.78, 5) is 4.37. The highest BCUT2D eigenvalue weighted by atomic mass is 16.5. The Bertz CT molecular complexity index is 649. The molecule has 0 aliphatic heterocycles. The molecule has 0 aliphatic rings. The highest BCUT2D eigenvalue weighted by molar-refractivity contribution is 5.79. The Balaban J connectivity index is 1.79. The number of hydrogen-bond acceptors (Lipinski definition) is 2. The Hall–Kier alpha value is -2.35. The van der Waals surface area contributed by atoms with Gasteiger partial charge in [-0.05, 0) is 17.7 Å². The summed E-state index contributed by atoms with van der Waals surface area (Å²) in [6.45, 7) is 0.570. The number of hydrogen-bond donors (Lipinski definition) is 0. The first-order valence-electron chi connectivity index (χ1n) is 5.93. The maximum Gasteiger partial charge on any atom is 0.138 e. The largest absolute Gasteiger partial charge is 0.487 e. The molecule has 0 atom stereocenters. The molecule has 0 amide bonds. The Morgan fingerprint density at radius 2 is 1.67 bits per heavy atom. The SMILES string of the molecule is c1ccc(COc2cnc3ccccc3c2)cc1. The lowest BCUT2D eigenvalue weighted by atomic mass is 10.2. The van der Waals surface area contributed by atoms with Gasteiger partial charge < -0.3 is 4.74 Å². The number of aromatic nitrogens is 1. The van der Waals surface area contributed by atoms with Crippen molar-refractivity contribution in [1.29, 1.82) is 0 Å². The standard InChI is InChI=1S/C16H13NO/c1-2-6-13(7-3-1)12-18-15-10-14-8-4-5-9-16(14)17-11-15/h1-11H,12H2. The van der Waals surface area contributed by atoms with E-state index in [0.29, 0.717) is 6.61 Å². The van der Waals surface area contributed by atoms with Crippen LogP contribution in [-0.4, -0.2) is 4.98 Å². The average molecular weight is 235 g/mol. The van der Waals surface area contributed by atoms with E-state index in [1.807, 2.05) is 48.5 Å². The second-order valence-corrected chi connectivity index (χ2v) is 4.14. The zero-order valence-corrected chi connectivity index (χ0v) is 9.91. The minimum atomic E-state index is 0.570. The molecule has 0 unspecified atom stereocenters. The molecule has 0 saturated heterocycles. The predicted molar refractivity (Wildman–Crippen MR) is 72.5 cm³/mol. The number of benzene rings is 2. The lowest BCUT2D eigenvalue weighted by Gasteiger charge is -2.06. The molecule has 1 aromatic heterocycles. The van der Waals surface area contributed by atoms with Crippen LogP contribution >= 0.6 is 0 Å². The predicted octanol–water partition coefficient (Wildman–Crippen LogP) is 3.81. The summed E-state index contributed by atoms with van der Waals surface area (Å²) in [5.41, 5.74) is 2.15. The van der Waals surface area contributed by atoms with E-state index in [0.717, 1.165) is 22.2 Å². The molecular formula is C16H13NO. The maximum atomic E-state index is 5.74. The van der Waals surface area contributed by atoms with Crippen molar-refractivity contribution in [1.82, 2.24) is 4.98 Å². The fourth-order valence-electron chi connectivity index (χ4n) is 1.87. The Morgan fingerprint density at radius 3 is 2.56 bits per heavy atom. The number of pyridine rings is 1. The van der Waals surface area contributed by atoms with Gasteiger partial charge in [-0.3, -0.25) is 4.98 Å². The lowest BCUT2D eigenvalue weighted by Crippen LogP contribution is -1.95. The topological polar surface area (TPSA) is 22.1 Å². The summed E-state index contributed by atoms with van der Waals surface area (Å²) in [6, 6.07) is 20.2. The van der Waals surface area contributed by atoms with E-state index in [1.54, 1.807) is 6.20 Å². The van der Waals surface area contributed by atoms with E-state index < -0.39 is 0 Å². The molecule has 0 radical (unpaired) electrons. The Labute approximate surface area is 106 Å². The Kier molecular flexibility index (Phi) is 2.92. The first-order valence-corrected chi connectivity index (χ1v) is 5.93. The summed E-state index contributed by atoms with van der Waals surface area (Å²) >= 11 is 0. The van der Waals surface area contributed by atoms with E-state index in [-0.39, 0.29) is 0 Å². The molecule has 0 N–H and O–H groups in total. The van der Waals surface area contributed by atoms with Crippen LogP contribution in [0.4, 0.5) is 0 Å². The van der Waals surface area contributed by atoms with Crippen LogP contribution in [0, 0.1) is 0 Å². The van der Waals surface area contributed by atoms with Gasteiger partial charge in [0, 0.05) is 5.39 Å². The number of nitrogens with zero attached hydrogens (tertiary/aromatic N) is 1. The Morgan fingerprint density at radius 1 is 0.889 bits per heavy atom. The van der Waals surface area contributed by atoms with Gasteiger partial charge in [0.1, 0.15) is 12.4 Å². The van der Waals surface area contributed by atoms with Crippen LogP contribution in [0.1, 0.15) is 5.56 Å². The minimum absolute atomic E-state index is 0.570. The maximum absolute atomic E-state index is 5.74. The molecule has 1 heterocycles. The zero-order chi connectivity index (χ0) is 12.2. The van der Waals surface area contributed by atoms with Crippen molar-refractivity contribution in [3.63, 3.8) is 0 Å². The van der Waals surface area contributed by atoms with Crippen LogP contribution in [0.3, 0.4) is 0 Å². The fraction of sp³-hybridized carbons (Fsp3) is 0.0625. The number of ether oxygens (including phenoxy) is 1. The molecule has 2 aromatic carbocycles. The van der Waals surface area contributed by atoms with Crippen LogP contribution in [-0.2, 0) is 6.61 Å². The van der Waals surface area contributed by atoms with E-state index in [4.69, 9.17) is 4.74 Å². The van der Waals surface area contributed by atoms with Gasteiger partial charge >= 0.3 is 0 Å². The van der Waals surface area contributed by atoms with Crippen molar-refractivity contribution in [2.45, 2.75) is 6.61 Å². The molecule has 2 heteroatoms. The van der Waals surface area contributed by atoms with E-state index in [9.17, 15) is 0 Å². The fourth-order valence-corrected chi connectivity index (χ4v) is 1.87. The van der Waals surface area contributed by atoms with Crippen LogP contribution in [0.2, 0.25) is 0 Å². The second-order valence-electron chi connectivity index (χ2n) is 4.14. The van der Waals surface area contributed by atoms with Crippen molar-refractivity contribution in [2.75, 3.05) is 0 Å². The molecule has 88 valence electrons.